The van der Waals surface area contributed by atoms with Gasteiger partial charge in [-0.2, -0.15) is 0 Å². The minimum Gasteiger partial charge on any atom is -0.384 e. The Bertz CT molecular complexity index is 1600. The normalized spacial score (nSPS) is 17.0. The maximum atomic E-state index is 14.4. The molecule has 3 aromatic carbocycles. The van der Waals surface area contributed by atoms with Crippen LogP contribution in [-0.4, -0.2) is 10.9 Å². The number of halogens is 3. The molecule has 2 atom stereocenters. The van der Waals surface area contributed by atoms with Crippen molar-refractivity contribution in [1.82, 2.24) is 10.3 Å². The number of benzene rings is 3. The second-order valence-electron chi connectivity index (χ2n) is 9.42. The lowest BCUT2D eigenvalue weighted by atomic mass is 9.83. The summed E-state index contributed by atoms with van der Waals surface area (Å²) in [6, 6.07) is 14.6. The van der Waals surface area contributed by atoms with E-state index >= 15 is 0 Å². The van der Waals surface area contributed by atoms with E-state index in [0.29, 0.717) is 23.5 Å². The number of ether oxygens (including phenoxy) is 1. The number of carbonyl (C=O) groups excluding carboxylic acids is 1. The fourth-order valence-electron chi connectivity index (χ4n) is 5.33. The molecule has 37 heavy (non-hydrogen) atoms. The minimum atomic E-state index is -1.50. The van der Waals surface area contributed by atoms with Crippen molar-refractivity contribution in [2.24, 2.45) is 0 Å². The zero-order valence-electron chi connectivity index (χ0n) is 20.0. The van der Waals surface area contributed by atoms with Crippen molar-refractivity contribution in [2.45, 2.75) is 32.6 Å². The number of amides is 1. The van der Waals surface area contributed by atoms with Crippen molar-refractivity contribution in [2.75, 3.05) is 5.73 Å². The third-order valence-electron chi connectivity index (χ3n) is 7.18. The van der Waals surface area contributed by atoms with Crippen LogP contribution in [0, 0.1) is 31.3 Å². The molecule has 4 aromatic rings. The maximum absolute atomic E-state index is 14.4. The number of rotatable bonds is 4. The summed E-state index contributed by atoms with van der Waals surface area (Å²) in [6.07, 6.45) is -0.746. The topological polar surface area (TPSA) is 77.2 Å². The molecule has 0 saturated carbocycles. The zero-order chi connectivity index (χ0) is 26.0. The number of fused-ring (bicyclic) bond motifs is 8. The van der Waals surface area contributed by atoms with Crippen LogP contribution < -0.4 is 11.1 Å². The number of nitrogen functional groups attached to an aromatic ring is 1. The first-order valence-corrected chi connectivity index (χ1v) is 11.8. The Morgan fingerprint density at radius 2 is 1.62 bits per heavy atom. The molecule has 0 saturated heterocycles. The number of nitrogens with zero attached hydrogens (tertiary/aromatic N) is 1. The highest BCUT2D eigenvalue weighted by molar-refractivity contribution is 5.94. The van der Waals surface area contributed by atoms with E-state index in [-0.39, 0.29) is 17.6 Å². The van der Waals surface area contributed by atoms with Gasteiger partial charge >= 0.3 is 0 Å². The molecule has 2 bridgehead atoms. The molecule has 6 rings (SSSR count). The summed E-state index contributed by atoms with van der Waals surface area (Å²) in [4.78, 5) is 17.3. The minimum absolute atomic E-state index is 0.0272. The molecule has 1 amide bonds. The number of aryl methyl sites for hydroxylation is 2. The molecule has 8 heteroatoms. The number of nitrogens with one attached hydrogen (secondary N) is 1. The highest BCUT2D eigenvalue weighted by Gasteiger charge is 2.43. The summed E-state index contributed by atoms with van der Waals surface area (Å²) in [5.41, 5.74) is 12.9. The van der Waals surface area contributed by atoms with Gasteiger partial charge in [-0.05, 0) is 89.2 Å². The molecule has 0 aliphatic carbocycles. The Hall–Kier alpha value is -4.17. The van der Waals surface area contributed by atoms with Gasteiger partial charge in [0.15, 0.2) is 17.5 Å². The molecule has 3 N–H and O–H groups in total. The predicted molar refractivity (Wildman–Crippen MR) is 132 cm³/mol. The third kappa shape index (κ3) is 3.67. The van der Waals surface area contributed by atoms with E-state index in [1.54, 1.807) is 24.3 Å². The Morgan fingerprint density at radius 1 is 0.919 bits per heavy atom. The molecule has 2 aliphatic rings. The fourth-order valence-corrected chi connectivity index (χ4v) is 5.33. The number of carbonyl (C=O) groups is 1. The van der Waals surface area contributed by atoms with Crippen molar-refractivity contribution >= 4 is 11.7 Å². The first-order chi connectivity index (χ1) is 17.7. The summed E-state index contributed by atoms with van der Waals surface area (Å²) in [7, 11) is 0. The van der Waals surface area contributed by atoms with E-state index in [0.717, 1.165) is 45.1 Å². The largest absolute Gasteiger partial charge is 0.384 e. The van der Waals surface area contributed by atoms with Crippen LogP contribution in [0.4, 0.5) is 19.0 Å². The molecule has 5 nitrogen and oxygen atoms in total. The van der Waals surface area contributed by atoms with Crippen molar-refractivity contribution in [3.05, 3.63) is 117 Å². The number of hydrogen-bond donors (Lipinski definition) is 2. The van der Waals surface area contributed by atoms with Crippen molar-refractivity contribution in [3.63, 3.8) is 0 Å². The molecule has 0 unspecified atom stereocenters. The molecular formula is C29H22F3N3O2. The van der Waals surface area contributed by atoms with Crippen LogP contribution in [0.25, 0.3) is 11.1 Å². The monoisotopic (exact) mass is 501 g/mol. The summed E-state index contributed by atoms with van der Waals surface area (Å²) in [5, 5.41) is 2.95. The molecule has 0 fully saturated rings. The van der Waals surface area contributed by atoms with Crippen LogP contribution in [0.15, 0.2) is 54.6 Å². The summed E-state index contributed by atoms with van der Waals surface area (Å²) < 4.78 is 47.9. The SMILES string of the molecule is Cc1cc(N)nc(C)c1CNC(=O)c1ccc2c(c1)[C@@H]1O[C@H]2c2ccc(-c3ccc(F)c(F)c3F)cc21. The van der Waals surface area contributed by atoms with Crippen molar-refractivity contribution in [3.8, 4) is 11.1 Å². The van der Waals surface area contributed by atoms with Gasteiger partial charge in [-0.1, -0.05) is 18.2 Å². The van der Waals surface area contributed by atoms with Crippen molar-refractivity contribution in [1.29, 1.82) is 0 Å². The smallest absolute Gasteiger partial charge is 0.251 e. The van der Waals surface area contributed by atoms with E-state index < -0.39 is 23.6 Å². The maximum Gasteiger partial charge on any atom is 0.251 e. The molecule has 186 valence electrons. The lowest BCUT2D eigenvalue weighted by molar-refractivity contribution is 0.0857. The van der Waals surface area contributed by atoms with Gasteiger partial charge in [0.2, 0.25) is 0 Å². The standard InChI is InChI=1S/C29H22F3N3O2/c1-13-9-24(33)35-14(2)22(13)12-34-29(36)16-4-6-19-21(11-16)28-20-10-15(3-5-18(20)27(19)37-28)17-7-8-23(30)26(32)25(17)31/h3-11,27-28H,12H2,1-2H3,(H2,33,35)(H,34,36)/t27-,28+/m0/s1. The zero-order valence-corrected chi connectivity index (χ0v) is 20.0. The van der Waals surface area contributed by atoms with Crippen LogP contribution in [0.1, 0.15) is 61.6 Å². The van der Waals surface area contributed by atoms with Crippen LogP contribution in [-0.2, 0) is 11.3 Å². The van der Waals surface area contributed by atoms with Crippen LogP contribution >= 0.6 is 0 Å². The number of hydrogen-bond acceptors (Lipinski definition) is 4. The average Bonchev–Trinajstić information content (AvgIpc) is 3.43. The van der Waals surface area contributed by atoms with E-state index in [4.69, 9.17) is 10.5 Å². The van der Waals surface area contributed by atoms with E-state index in [1.165, 1.54) is 6.07 Å². The molecular weight excluding hydrogens is 479 g/mol. The number of anilines is 1. The van der Waals surface area contributed by atoms with Gasteiger partial charge in [-0.3, -0.25) is 4.79 Å². The first-order valence-electron chi connectivity index (χ1n) is 11.8. The lowest BCUT2D eigenvalue weighted by Crippen LogP contribution is -2.24. The van der Waals surface area contributed by atoms with Crippen LogP contribution in [0.3, 0.4) is 0 Å². The summed E-state index contributed by atoms with van der Waals surface area (Å²) >= 11 is 0. The van der Waals surface area contributed by atoms with Gasteiger partial charge in [-0.25, -0.2) is 18.2 Å². The van der Waals surface area contributed by atoms with Gasteiger partial charge in [0.1, 0.15) is 18.0 Å². The van der Waals surface area contributed by atoms with Gasteiger partial charge < -0.3 is 15.8 Å². The van der Waals surface area contributed by atoms with Crippen LogP contribution in [0.5, 0.6) is 0 Å². The van der Waals surface area contributed by atoms with Crippen LogP contribution in [0.2, 0.25) is 0 Å². The quantitative estimate of drug-likeness (QED) is 0.346. The second-order valence-corrected chi connectivity index (χ2v) is 9.42. The van der Waals surface area contributed by atoms with Crippen molar-refractivity contribution < 1.29 is 22.7 Å². The number of aromatic nitrogens is 1. The molecule has 0 radical (unpaired) electrons. The summed E-state index contributed by atoms with van der Waals surface area (Å²) in [6.45, 7) is 4.09. The number of nitrogens with two attached hydrogens (primary N) is 1. The highest BCUT2D eigenvalue weighted by atomic mass is 19.2. The van der Waals surface area contributed by atoms with Gasteiger partial charge in [0, 0.05) is 23.4 Å². The summed E-state index contributed by atoms with van der Waals surface area (Å²) in [5.74, 6) is -3.77. The Balaban J connectivity index is 1.28. The Morgan fingerprint density at radius 3 is 2.38 bits per heavy atom. The van der Waals surface area contributed by atoms with E-state index in [9.17, 15) is 18.0 Å². The fraction of sp³-hybridized carbons (Fsp3) is 0.172. The molecule has 1 aromatic heterocycles. The lowest BCUT2D eigenvalue weighted by Gasteiger charge is -2.18. The van der Waals surface area contributed by atoms with Gasteiger partial charge in [0.25, 0.3) is 5.91 Å². The Labute approximate surface area is 211 Å². The molecule has 2 aliphatic heterocycles. The molecule has 3 heterocycles. The Kier molecular flexibility index (Phi) is 5.31. The third-order valence-corrected chi connectivity index (χ3v) is 7.18. The predicted octanol–water partition coefficient (Wildman–Crippen LogP) is 5.82. The van der Waals surface area contributed by atoms with Gasteiger partial charge in [-0.15, -0.1) is 0 Å². The second kappa shape index (κ2) is 8.45. The number of pyridine rings is 1. The average molecular weight is 502 g/mol. The van der Waals surface area contributed by atoms with E-state index in [1.807, 2.05) is 32.0 Å². The molecule has 0 spiro atoms. The first kappa shape index (κ1) is 23.2. The highest BCUT2D eigenvalue weighted by Crippen LogP contribution is 2.55. The van der Waals surface area contributed by atoms with E-state index in [2.05, 4.69) is 10.3 Å². The van der Waals surface area contributed by atoms with Gasteiger partial charge in [0.05, 0.1) is 0 Å².